The van der Waals surface area contributed by atoms with E-state index in [1.54, 1.807) is 6.20 Å². The van der Waals surface area contributed by atoms with Gasteiger partial charge in [-0.15, -0.1) is 0 Å². The third-order valence-corrected chi connectivity index (χ3v) is 5.75. The second kappa shape index (κ2) is 11.3. The lowest BCUT2D eigenvalue weighted by atomic mass is 9.93. The van der Waals surface area contributed by atoms with Crippen molar-refractivity contribution in [3.63, 3.8) is 0 Å². The van der Waals surface area contributed by atoms with Gasteiger partial charge in [-0.25, -0.2) is 9.98 Å². The monoisotopic (exact) mass is 453 g/mol. The molecule has 1 aliphatic rings. The molecule has 7 heteroatoms. The van der Waals surface area contributed by atoms with E-state index >= 15 is 0 Å². The van der Waals surface area contributed by atoms with Crippen molar-refractivity contribution in [3.8, 4) is 11.8 Å². The molecule has 0 bridgehead atoms. The van der Waals surface area contributed by atoms with Crippen molar-refractivity contribution in [2.45, 2.75) is 77.6 Å². The third kappa shape index (κ3) is 6.94. The zero-order valence-corrected chi connectivity index (χ0v) is 20.0. The Morgan fingerprint density at radius 2 is 1.75 bits per heavy atom. The Labute approximate surface area is 196 Å². The highest BCUT2D eigenvalue weighted by Gasteiger charge is 2.20. The number of hydrogen-bond acceptors (Lipinski definition) is 5. The van der Waals surface area contributed by atoms with Gasteiger partial charge in [0.15, 0.2) is 0 Å². The fraction of sp³-hybridized carbons (Fsp3) is 0.480. The zero-order valence-electron chi connectivity index (χ0n) is 19.2. The number of nitrogens with zero attached hydrogens (tertiary/aromatic N) is 4. The lowest BCUT2D eigenvalue weighted by Crippen LogP contribution is -2.35. The van der Waals surface area contributed by atoms with Crippen LogP contribution in [0.2, 0.25) is 5.02 Å². The lowest BCUT2D eigenvalue weighted by Gasteiger charge is -2.28. The second-order valence-electron chi connectivity index (χ2n) is 8.72. The van der Waals surface area contributed by atoms with Crippen LogP contribution in [0.25, 0.3) is 0 Å². The average Bonchev–Trinajstić information content (AvgIpc) is 2.75. The number of hydrogen-bond donors (Lipinski definition) is 2. The molecule has 2 aromatic rings. The highest BCUT2D eigenvalue weighted by atomic mass is 35.5. The summed E-state index contributed by atoms with van der Waals surface area (Å²) in [7, 11) is 0. The van der Waals surface area contributed by atoms with Crippen LogP contribution in [0.5, 0.6) is 0 Å². The predicted molar refractivity (Wildman–Crippen MR) is 132 cm³/mol. The fourth-order valence-corrected chi connectivity index (χ4v) is 3.83. The summed E-state index contributed by atoms with van der Waals surface area (Å²) in [5, 5.41) is 14.0. The molecule has 2 N–H and O–H groups in total. The topological polar surface area (TPSA) is 73.6 Å². The van der Waals surface area contributed by atoms with Gasteiger partial charge >= 0.3 is 0 Å². The van der Waals surface area contributed by atoms with Gasteiger partial charge in [0.1, 0.15) is 5.82 Å². The SMILES string of the molecule is CC(C)N(C=Nc1ncc(C#Cc2ccc(Cl)cc2)c(NC2CCC(O)CC2)n1)C(C)C. The molecule has 0 unspecified atom stereocenters. The summed E-state index contributed by atoms with van der Waals surface area (Å²) in [5.41, 5.74) is 1.59. The average molecular weight is 454 g/mol. The number of rotatable bonds is 6. The van der Waals surface area contributed by atoms with Crippen LogP contribution in [-0.4, -0.2) is 50.5 Å². The van der Waals surface area contributed by atoms with Gasteiger partial charge in [0.05, 0.1) is 24.2 Å². The van der Waals surface area contributed by atoms with Crippen molar-refractivity contribution < 1.29 is 5.11 Å². The van der Waals surface area contributed by atoms with Crippen LogP contribution in [0.1, 0.15) is 64.5 Å². The summed E-state index contributed by atoms with van der Waals surface area (Å²) in [6, 6.07) is 8.31. The first-order valence-electron chi connectivity index (χ1n) is 11.2. The van der Waals surface area contributed by atoms with E-state index in [1.807, 2.05) is 30.6 Å². The summed E-state index contributed by atoms with van der Waals surface area (Å²) in [6.07, 6.45) is 6.68. The second-order valence-corrected chi connectivity index (χ2v) is 9.15. The molecule has 6 nitrogen and oxygen atoms in total. The number of benzene rings is 1. The predicted octanol–water partition coefficient (Wildman–Crippen LogP) is 5.02. The van der Waals surface area contributed by atoms with E-state index in [4.69, 9.17) is 11.6 Å². The van der Waals surface area contributed by atoms with Crippen molar-refractivity contribution in [2.24, 2.45) is 4.99 Å². The molecule has 1 aromatic carbocycles. The Hall–Kier alpha value is -2.62. The molecule has 1 heterocycles. The number of anilines is 1. The maximum atomic E-state index is 9.82. The van der Waals surface area contributed by atoms with E-state index in [9.17, 15) is 5.11 Å². The van der Waals surface area contributed by atoms with Crippen LogP contribution in [0.15, 0.2) is 35.5 Å². The molecule has 1 saturated carbocycles. The molecular formula is C25H32ClN5O. The van der Waals surface area contributed by atoms with Crippen molar-refractivity contribution in [1.29, 1.82) is 0 Å². The number of aromatic nitrogens is 2. The zero-order chi connectivity index (χ0) is 23.1. The standard InChI is InChI=1S/C25H32ClN5O/c1-17(2)31(18(3)4)16-28-25-27-15-20(8-5-19-6-9-21(26)10-7-19)24(30-25)29-22-11-13-23(32)14-12-22/h6-7,9-10,15-18,22-23,32H,11-14H2,1-4H3,(H,27,29,30). The molecule has 170 valence electrons. The molecule has 3 rings (SSSR count). The minimum Gasteiger partial charge on any atom is -0.393 e. The van der Waals surface area contributed by atoms with Gasteiger partial charge in [0.25, 0.3) is 5.95 Å². The Balaban J connectivity index is 1.87. The molecule has 1 fully saturated rings. The van der Waals surface area contributed by atoms with Crippen molar-refractivity contribution in [1.82, 2.24) is 14.9 Å². The van der Waals surface area contributed by atoms with Crippen LogP contribution in [0, 0.1) is 11.8 Å². The summed E-state index contributed by atoms with van der Waals surface area (Å²) in [5.74, 6) is 7.41. The number of aliphatic imine (C=N–C) groups is 1. The fourth-order valence-electron chi connectivity index (χ4n) is 3.70. The van der Waals surface area contributed by atoms with Crippen LogP contribution in [-0.2, 0) is 0 Å². The summed E-state index contributed by atoms with van der Waals surface area (Å²) in [4.78, 5) is 15.8. The number of nitrogens with one attached hydrogen (secondary N) is 1. The highest BCUT2D eigenvalue weighted by Crippen LogP contribution is 2.24. The van der Waals surface area contributed by atoms with E-state index in [0.29, 0.717) is 28.9 Å². The smallest absolute Gasteiger partial charge is 0.252 e. The van der Waals surface area contributed by atoms with Gasteiger partial charge in [-0.3, -0.25) is 0 Å². The third-order valence-electron chi connectivity index (χ3n) is 5.50. The Bertz CT molecular complexity index is 962. The van der Waals surface area contributed by atoms with Crippen molar-refractivity contribution in [3.05, 3.63) is 46.6 Å². The molecule has 0 radical (unpaired) electrons. The minimum atomic E-state index is -0.208. The molecule has 0 spiro atoms. The Morgan fingerprint density at radius 1 is 1.09 bits per heavy atom. The Kier molecular flexibility index (Phi) is 8.49. The molecule has 32 heavy (non-hydrogen) atoms. The maximum Gasteiger partial charge on any atom is 0.252 e. The first kappa shape index (κ1) is 24.0. The van der Waals surface area contributed by atoms with Crippen LogP contribution >= 0.6 is 11.6 Å². The highest BCUT2D eigenvalue weighted by molar-refractivity contribution is 6.30. The maximum absolute atomic E-state index is 9.82. The van der Waals surface area contributed by atoms with Crippen LogP contribution in [0.3, 0.4) is 0 Å². The summed E-state index contributed by atoms with van der Waals surface area (Å²) < 4.78 is 0. The lowest BCUT2D eigenvalue weighted by molar-refractivity contribution is 0.126. The van der Waals surface area contributed by atoms with Gasteiger partial charge in [-0.05, 0) is 77.6 Å². The number of aliphatic hydroxyl groups is 1. The number of halogens is 1. The van der Waals surface area contributed by atoms with Crippen LogP contribution < -0.4 is 5.32 Å². The van der Waals surface area contributed by atoms with Gasteiger partial charge in [-0.1, -0.05) is 23.4 Å². The summed E-state index contributed by atoms with van der Waals surface area (Å²) in [6.45, 7) is 8.53. The van der Waals surface area contributed by atoms with E-state index in [0.717, 1.165) is 36.8 Å². The largest absolute Gasteiger partial charge is 0.393 e. The molecule has 0 atom stereocenters. The minimum absolute atomic E-state index is 0.208. The van der Waals surface area contributed by atoms with E-state index < -0.39 is 0 Å². The molecule has 0 aliphatic heterocycles. The van der Waals surface area contributed by atoms with E-state index in [2.05, 4.69) is 64.7 Å². The number of aliphatic hydroxyl groups excluding tert-OH is 1. The molecule has 1 aliphatic carbocycles. The first-order chi connectivity index (χ1) is 15.3. The van der Waals surface area contributed by atoms with E-state index in [1.165, 1.54) is 0 Å². The van der Waals surface area contributed by atoms with Gasteiger partial charge in [0, 0.05) is 28.7 Å². The van der Waals surface area contributed by atoms with Gasteiger partial charge < -0.3 is 15.3 Å². The molecule has 0 saturated heterocycles. The first-order valence-corrected chi connectivity index (χ1v) is 11.6. The normalized spacial score (nSPS) is 18.6. The quantitative estimate of drug-likeness (QED) is 0.365. The molecule has 1 aromatic heterocycles. The van der Waals surface area contributed by atoms with E-state index in [-0.39, 0.29) is 12.1 Å². The Morgan fingerprint density at radius 3 is 2.38 bits per heavy atom. The summed E-state index contributed by atoms with van der Waals surface area (Å²) >= 11 is 5.97. The van der Waals surface area contributed by atoms with Gasteiger partial charge in [-0.2, -0.15) is 4.98 Å². The van der Waals surface area contributed by atoms with Gasteiger partial charge in [0.2, 0.25) is 0 Å². The van der Waals surface area contributed by atoms with Crippen molar-refractivity contribution in [2.75, 3.05) is 5.32 Å². The van der Waals surface area contributed by atoms with Crippen molar-refractivity contribution >= 4 is 29.7 Å². The molecule has 0 amide bonds. The molecular weight excluding hydrogens is 422 g/mol. The van der Waals surface area contributed by atoms with Crippen LogP contribution in [0.4, 0.5) is 11.8 Å².